The number of nitrogens with zero attached hydrogens (tertiary/aromatic N) is 3. The molecule has 156 valence electrons. The van der Waals surface area contributed by atoms with E-state index in [4.69, 9.17) is 4.74 Å². The SMILES string of the molecule is CC(C)CC(CNC(=O)c1ccc(=O)n(Cc2ccccc2)n1)N1CCOCC1. The van der Waals surface area contributed by atoms with E-state index in [0.29, 0.717) is 19.0 Å². The number of benzene rings is 1. The molecule has 1 aliphatic heterocycles. The first-order valence-corrected chi connectivity index (χ1v) is 10.2. The fourth-order valence-corrected chi connectivity index (χ4v) is 3.59. The first kappa shape index (κ1) is 21.2. The van der Waals surface area contributed by atoms with Crippen molar-refractivity contribution in [3.8, 4) is 0 Å². The van der Waals surface area contributed by atoms with Crippen LogP contribution in [0.5, 0.6) is 0 Å². The van der Waals surface area contributed by atoms with Gasteiger partial charge in [0.25, 0.3) is 11.5 Å². The zero-order valence-electron chi connectivity index (χ0n) is 17.2. The summed E-state index contributed by atoms with van der Waals surface area (Å²) in [5.74, 6) is 0.277. The summed E-state index contributed by atoms with van der Waals surface area (Å²) in [4.78, 5) is 27.2. The Morgan fingerprint density at radius 3 is 2.55 bits per heavy atom. The van der Waals surface area contributed by atoms with Gasteiger partial charge >= 0.3 is 0 Å². The number of nitrogens with one attached hydrogen (secondary N) is 1. The summed E-state index contributed by atoms with van der Waals surface area (Å²) in [7, 11) is 0. The molecule has 1 N–H and O–H groups in total. The number of carbonyl (C=O) groups excluding carboxylic acids is 1. The van der Waals surface area contributed by atoms with Crippen molar-refractivity contribution in [2.45, 2.75) is 32.9 Å². The predicted octanol–water partition coefficient (Wildman–Crippen LogP) is 1.77. The summed E-state index contributed by atoms with van der Waals surface area (Å²) < 4.78 is 6.78. The average Bonchev–Trinajstić information content (AvgIpc) is 2.73. The Labute approximate surface area is 171 Å². The molecule has 7 heteroatoms. The molecule has 2 aromatic rings. The first-order valence-electron chi connectivity index (χ1n) is 10.2. The molecule has 0 aliphatic carbocycles. The molecule has 29 heavy (non-hydrogen) atoms. The van der Waals surface area contributed by atoms with Crippen molar-refractivity contribution in [1.29, 1.82) is 0 Å². The minimum atomic E-state index is -0.256. The summed E-state index contributed by atoms with van der Waals surface area (Å²) in [6.07, 6.45) is 1.00. The van der Waals surface area contributed by atoms with Crippen molar-refractivity contribution in [3.63, 3.8) is 0 Å². The third kappa shape index (κ3) is 6.24. The van der Waals surface area contributed by atoms with Crippen LogP contribution < -0.4 is 10.9 Å². The number of amides is 1. The van der Waals surface area contributed by atoms with E-state index in [1.54, 1.807) is 0 Å². The number of aromatic nitrogens is 2. The predicted molar refractivity (Wildman–Crippen MR) is 112 cm³/mol. The molecule has 1 saturated heterocycles. The average molecular weight is 399 g/mol. The van der Waals surface area contributed by atoms with Gasteiger partial charge in [-0.15, -0.1) is 0 Å². The zero-order valence-corrected chi connectivity index (χ0v) is 17.2. The highest BCUT2D eigenvalue weighted by Crippen LogP contribution is 2.13. The van der Waals surface area contributed by atoms with Gasteiger partial charge in [-0.25, -0.2) is 4.68 Å². The lowest BCUT2D eigenvalue weighted by atomic mass is 10.0. The maximum atomic E-state index is 12.7. The number of hydrogen-bond donors (Lipinski definition) is 1. The van der Waals surface area contributed by atoms with E-state index in [1.165, 1.54) is 16.8 Å². The first-order chi connectivity index (χ1) is 14.0. The maximum Gasteiger partial charge on any atom is 0.271 e. The van der Waals surface area contributed by atoms with Gasteiger partial charge in [0.15, 0.2) is 0 Å². The fraction of sp³-hybridized carbons (Fsp3) is 0.500. The normalized spacial score (nSPS) is 16.0. The topological polar surface area (TPSA) is 76.5 Å². The van der Waals surface area contributed by atoms with E-state index in [1.807, 2.05) is 30.3 Å². The fourth-order valence-electron chi connectivity index (χ4n) is 3.59. The van der Waals surface area contributed by atoms with Gasteiger partial charge in [-0.2, -0.15) is 5.10 Å². The highest BCUT2D eigenvalue weighted by atomic mass is 16.5. The second-order valence-corrected chi connectivity index (χ2v) is 7.84. The van der Waals surface area contributed by atoms with Crippen LogP contribution in [0.1, 0.15) is 36.3 Å². The van der Waals surface area contributed by atoms with Crippen LogP contribution in [0.2, 0.25) is 0 Å². The van der Waals surface area contributed by atoms with Gasteiger partial charge in [0.2, 0.25) is 0 Å². The third-order valence-electron chi connectivity index (χ3n) is 5.08. The summed E-state index contributed by atoms with van der Waals surface area (Å²) in [6, 6.07) is 12.8. The molecule has 1 aromatic carbocycles. The van der Waals surface area contributed by atoms with Crippen LogP contribution in [-0.2, 0) is 11.3 Å². The van der Waals surface area contributed by atoms with Crippen molar-refractivity contribution in [3.05, 3.63) is 64.1 Å². The van der Waals surface area contributed by atoms with Gasteiger partial charge in [-0.1, -0.05) is 44.2 Å². The number of morpholine rings is 1. The molecule has 2 heterocycles. The van der Waals surface area contributed by atoms with Crippen LogP contribution in [0.3, 0.4) is 0 Å². The summed E-state index contributed by atoms with van der Waals surface area (Å²) in [6.45, 7) is 8.50. The van der Waals surface area contributed by atoms with Crippen LogP contribution in [0.25, 0.3) is 0 Å². The Morgan fingerprint density at radius 1 is 1.14 bits per heavy atom. The lowest BCUT2D eigenvalue weighted by molar-refractivity contribution is 0.0124. The summed E-state index contributed by atoms with van der Waals surface area (Å²) >= 11 is 0. The van der Waals surface area contributed by atoms with Gasteiger partial charge in [-0.3, -0.25) is 14.5 Å². The zero-order chi connectivity index (χ0) is 20.6. The second-order valence-electron chi connectivity index (χ2n) is 7.84. The molecule has 0 saturated carbocycles. The Hall–Kier alpha value is -2.51. The Morgan fingerprint density at radius 2 is 1.86 bits per heavy atom. The van der Waals surface area contributed by atoms with Gasteiger partial charge in [0, 0.05) is 31.7 Å². The molecular weight excluding hydrogens is 368 g/mol. The molecule has 3 rings (SSSR count). The standard InChI is InChI=1S/C22H30N4O3/c1-17(2)14-19(25-10-12-29-13-11-25)15-23-22(28)20-8-9-21(27)26(24-20)16-18-6-4-3-5-7-18/h3-9,17,19H,10-16H2,1-2H3,(H,23,28). The molecule has 0 spiro atoms. The van der Waals surface area contributed by atoms with Crippen LogP contribution in [0, 0.1) is 5.92 Å². The van der Waals surface area contributed by atoms with Crippen molar-refractivity contribution in [2.24, 2.45) is 5.92 Å². The highest BCUT2D eigenvalue weighted by molar-refractivity contribution is 5.92. The maximum absolute atomic E-state index is 12.7. The molecule has 0 radical (unpaired) electrons. The largest absolute Gasteiger partial charge is 0.379 e. The van der Waals surface area contributed by atoms with Gasteiger partial charge in [0.1, 0.15) is 5.69 Å². The van der Waals surface area contributed by atoms with Gasteiger partial charge < -0.3 is 10.1 Å². The van der Waals surface area contributed by atoms with Crippen LogP contribution in [-0.4, -0.2) is 59.5 Å². The summed E-state index contributed by atoms with van der Waals surface area (Å²) in [5.41, 5.74) is 0.992. The Kier molecular flexibility index (Phi) is 7.55. The molecule has 1 aromatic heterocycles. The van der Waals surface area contributed by atoms with E-state index in [9.17, 15) is 9.59 Å². The van der Waals surface area contributed by atoms with Gasteiger partial charge in [0.05, 0.1) is 19.8 Å². The van der Waals surface area contributed by atoms with E-state index in [-0.39, 0.29) is 23.2 Å². The molecule has 1 atom stereocenters. The minimum absolute atomic E-state index is 0.226. The lowest BCUT2D eigenvalue weighted by Gasteiger charge is -2.35. The Balaban J connectivity index is 1.66. The smallest absolute Gasteiger partial charge is 0.271 e. The van der Waals surface area contributed by atoms with E-state index in [0.717, 1.165) is 38.3 Å². The van der Waals surface area contributed by atoms with E-state index >= 15 is 0 Å². The van der Waals surface area contributed by atoms with Crippen molar-refractivity contribution >= 4 is 5.91 Å². The second kappa shape index (κ2) is 10.3. The van der Waals surface area contributed by atoms with Crippen LogP contribution in [0.4, 0.5) is 0 Å². The molecule has 1 amide bonds. The van der Waals surface area contributed by atoms with Crippen LogP contribution in [0.15, 0.2) is 47.3 Å². The summed E-state index contributed by atoms with van der Waals surface area (Å²) in [5, 5.41) is 7.29. The van der Waals surface area contributed by atoms with E-state index < -0.39 is 0 Å². The quantitative estimate of drug-likeness (QED) is 0.733. The lowest BCUT2D eigenvalue weighted by Crippen LogP contribution is -2.49. The molecular formula is C22H30N4O3. The monoisotopic (exact) mass is 398 g/mol. The minimum Gasteiger partial charge on any atom is -0.379 e. The van der Waals surface area contributed by atoms with Crippen molar-refractivity contribution < 1.29 is 9.53 Å². The molecule has 1 aliphatic rings. The van der Waals surface area contributed by atoms with Crippen molar-refractivity contribution in [2.75, 3.05) is 32.8 Å². The number of hydrogen-bond acceptors (Lipinski definition) is 5. The number of rotatable bonds is 8. The molecule has 1 fully saturated rings. The van der Waals surface area contributed by atoms with Crippen molar-refractivity contribution in [1.82, 2.24) is 20.0 Å². The molecule has 1 unspecified atom stereocenters. The highest BCUT2D eigenvalue weighted by Gasteiger charge is 2.23. The van der Waals surface area contributed by atoms with Crippen LogP contribution >= 0.6 is 0 Å². The van der Waals surface area contributed by atoms with E-state index in [2.05, 4.69) is 29.2 Å². The Bertz CT molecular complexity index is 845. The van der Waals surface area contributed by atoms with Gasteiger partial charge in [-0.05, 0) is 24.0 Å². The molecule has 7 nitrogen and oxygen atoms in total. The third-order valence-corrected chi connectivity index (χ3v) is 5.08. The number of carbonyl (C=O) groups is 1. The molecule has 0 bridgehead atoms. The number of ether oxygens (including phenoxy) is 1.